The van der Waals surface area contributed by atoms with E-state index >= 15 is 0 Å². The van der Waals surface area contributed by atoms with Crippen molar-refractivity contribution in [2.45, 2.75) is 46.1 Å². The minimum Gasteiger partial charge on any atom is -0.497 e. The van der Waals surface area contributed by atoms with Crippen molar-refractivity contribution in [3.8, 4) is 11.5 Å². The second-order valence-corrected chi connectivity index (χ2v) is 9.37. The quantitative estimate of drug-likeness (QED) is 0.640. The van der Waals surface area contributed by atoms with Crippen LogP contribution in [0.4, 0.5) is 0 Å². The molecule has 1 amide bonds. The molecule has 2 aliphatic rings. The highest BCUT2D eigenvalue weighted by Gasteiger charge is 2.36. The molecule has 6 nitrogen and oxygen atoms in total. The van der Waals surface area contributed by atoms with Crippen LogP contribution in [0, 0.1) is 19.8 Å². The lowest BCUT2D eigenvalue weighted by Crippen LogP contribution is -2.41. The summed E-state index contributed by atoms with van der Waals surface area (Å²) in [7, 11) is 3.31. The van der Waals surface area contributed by atoms with Crippen molar-refractivity contribution in [1.29, 1.82) is 0 Å². The number of likely N-dealkylation sites (tertiary alicyclic amines) is 1. The number of hydrazone groups is 1. The average molecular weight is 450 g/mol. The zero-order chi connectivity index (χ0) is 23.5. The molecule has 1 saturated heterocycles. The number of rotatable bonds is 6. The van der Waals surface area contributed by atoms with Crippen LogP contribution in [0.1, 0.15) is 54.5 Å². The normalized spacial score (nSPS) is 19.5. The van der Waals surface area contributed by atoms with Crippen LogP contribution in [0.3, 0.4) is 0 Å². The highest BCUT2D eigenvalue weighted by molar-refractivity contribution is 6.03. The summed E-state index contributed by atoms with van der Waals surface area (Å²) in [5.74, 6) is 2.23. The smallest absolute Gasteiger partial charge is 0.257 e. The minimum atomic E-state index is -0.233. The first kappa shape index (κ1) is 23.3. The van der Waals surface area contributed by atoms with Gasteiger partial charge in [-0.15, -0.1) is 0 Å². The molecule has 1 unspecified atom stereocenters. The molecule has 0 spiro atoms. The summed E-state index contributed by atoms with van der Waals surface area (Å²) in [6.07, 6.45) is 2.91. The van der Waals surface area contributed by atoms with Gasteiger partial charge >= 0.3 is 0 Å². The van der Waals surface area contributed by atoms with Gasteiger partial charge in [-0.3, -0.25) is 9.69 Å². The Morgan fingerprint density at radius 3 is 2.45 bits per heavy atom. The molecular weight excluding hydrogens is 414 g/mol. The number of piperidine rings is 1. The second-order valence-electron chi connectivity index (χ2n) is 9.37. The second kappa shape index (κ2) is 9.96. The van der Waals surface area contributed by atoms with E-state index < -0.39 is 0 Å². The Kier molecular flexibility index (Phi) is 7.03. The van der Waals surface area contributed by atoms with Gasteiger partial charge in [0.25, 0.3) is 5.91 Å². The maximum absolute atomic E-state index is 13.5. The van der Waals surface area contributed by atoms with Gasteiger partial charge in [0.1, 0.15) is 11.5 Å². The molecule has 1 fully saturated rings. The molecule has 0 aliphatic carbocycles. The molecule has 0 N–H and O–H groups in total. The maximum Gasteiger partial charge on any atom is 0.257 e. The summed E-state index contributed by atoms with van der Waals surface area (Å²) in [5, 5.41) is 6.56. The van der Waals surface area contributed by atoms with Gasteiger partial charge in [0.2, 0.25) is 0 Å². The zero-order valence-electron chi connectivity index (χ0n) is 20.4. The topological polar surface area (TPSA) is 54.4 Å². The predicted molar refractivity (Wildman–Crippen MR) is 131 cm³/mol. The van der Waals surface area contributed by atoms with Gasteiger partial charge < -0.3 is 9.47 Å². The Morgan fingerprint density at radius 2 is 1.79 bits per heavy atom. The molecule has 6 heteroatoms. The van der Waals surface area contributed by atoms with Crippen LogP contribution in [0.5, 0.6) is 11.5 Å². The molecule has 0 aromatic heterocycles. The number of amides is 1. The minimum absolute atomic E-state index is 0.0262. The lowest BCUT2D eigenvalue weighted by Gasteiger charge is -2.31. The highest BCUT2D eigenvalue weighted by atomic mass is 16.5. The van der Waals surface area contributed by atoms with E-state index in [0.29, 0.717) is 13.0 Å². The van der Waals surface area contributed by atoms with E-state index in [0.717, 1.165) is 60.2 Å². The maximum atomic E-state index is 13.5. The van der Waals surface area contributed by atoms with E-state index in [1.807, 2.05) is 18.2 Å². The summed E-state index contributed by atoms with van der Waals surface area (Å²) < 4.78 is 11.1. The summed E-state index contributed by atoms with van der Waals surface area (Å²) in [6, 6.07) is 11.9. The molecule has 0 radical (unpaired) electrons. The third-order valence-corrected chi connectivity index (χ3v) is 7.04. The molecule has 2 heterocycles. The van der Waals surface area contributed by atoms with Gasteiger partial charge in [-0.2, -0.15) is 5.10 Å². The summed E-state index contributed by atoms with van der Waals surface area (Å²) in [5.41, 5.74) is 5.37. The summed E-state index contributed by atoms with van der Waals surface area (Å²) in [4.78, 5) is 15.8. The van der Waals surface area contributed by atoms with Crippen LogP contribution < -0.4 is 9.47 Å². The Bertz CT molecular complexity index is 1040. The SMILES string of the molecule is COc1ccc(OC)c(C2CC(c3ccc(C)c(C)c3)=NN2C(=O)CN2CCC(C)CC2)c1. The van der Waals surface area contributed by atoms with E-state index in [1.54, 1.807) is 19.2 Å². The van der Waals surface area contributed by atoms with Crippen molar-refractivity contribution >= 4 is 11.6 Å². The van der Waals surface area contributed by atoms with Crippen molar-refractivity contribution in [3.05, 3.63) is 58.7 Å². The number of nitrogens with zero attached hydrogens (tertiary/aromatic N) is 3. The molecule has 0 saturated carbocycles. The first-order valence-corrected chi connectivity index (χ1v) is 11.8. The van der Waals surface area contributed by atoms with Crippen LogP contribution in [-0.2, 0) is 4.79 Å². The fraction of sp³-hybridized carbons (Fsp3) is 0.481. The van der Waals surface area contributed by atoms with Gasteiger partial charge in [-0.25, -0.2) is 5.01 Å². The van der Waals surface area contributed by atoms with Gasteiger partial charge in [0, 0.05) is 12.0 Å². The van der Waals surface area contributed by atoms with Gasteiger partial charge in [0.05, 0.1) is 32.5 Å². The third-order valence-electron chi connectivity index (χ3n) is 7.04. The molecular formula is C27H35N3O3. The van der Waals surface area contributed by atoms with Gasteiger partial charge in [-0.1, -0.05) is 19.1 Å². The van der Waals surface area contributed by atoms with Crippen LogP contribution in [0.15, 0.2) is 41.5 Å². The average Bonchev–Trinajstić information content (AvgIpc) is 3.27. The Balaban J connectivity index is 1.67. The standard InChI is InChI=1S/C27H35N3O3/c1-18-10-12-29(13-11-18)17-27(31)30-25(23-15-22(32-4)8-9-26(23)33-5)16-24(28-30)21-7-6-19(2)20(3)14-21/h6-9,14-15,18,25H,10-13,16-17H2,1-5H3. The first-order chi connectivity index (χ1) is 15.9. The van der Waals surface area contributed by atoms with Gasteiger partial charge in [0.15, 0.2) is 0 Å². The van der Waals surface area contributed by atoms with Gasteiger partial charge in [-0.05, 0) is 86.7 Å². The van der Waals surface area contributed by atoms with E-state index in [1.165, 1.54) is 11.1 Å². The van der Waals surface area contributed by atoms with E-state index in [9.17, 15) is 4.79 Å². The Labute approximate surface area is 197 Å². The molecule has 2 aromatic carbocycles. The van der Waals surface area contributed by atoms with E-state index in [4.69, 9.17) is 14.6 Å². The lowest BCUT2D eigenvalue weighted by molar-refractivity contribution is -0.134. The van der Waals surface area contributed by atoms with Crippen molar-refractivity contribution in [2.75, 3.05) is 33.9 Å². The van der Waals surface area contributed by atoms with E-state index in [-0.39, 0.29) is 11.9 Å². The lowest BCUT2D eigenvalue weighted by atomic mass is 9.95. The number of hydrogen-bond acceptors (Lipinski definition) is 5. The Morgan fingerprint density at radius 1 is 1.03 bits per heavy atom. The van der Waals surface area contributed by atoms with Crippen LogP contribution in [0.2, 0.25) is 0 Å². The van der Waals surface area contributed by atoms with Crippen molar-refractivity contribution in [2.24, 2.45) is 11.0 Å². The summed E-state index contributed by atoms with van der Waals surface area (Å²) in [6.45, 7) is 8.80. The number of aryl methyl sites for hydroxylation is 2. The molecule has 4 rings (SSSR count). The van der Waals surface area contributed by atoms with Crippen LogP contribution in [-0.4, -0.2) is 55.4 Å². The molecule has 2 aromatic rings. The van der Waals surface area contributed by atoms with Crippen molar-refractivity contribution < 1.29 is 14.3 Å². The molecule has 33 heavy (non-hydrogen) atoms. The fourth-order valence-electron chi connectivity index (χ4n) is 4.66. The number of hydrogen-bond donors (Lipinski definition) is 0. The monoisotopic (exact) mass is 449 g/mol. The van der Waals surface area contributed by atoms with Crippen LogP contribution >= 0.6 is 0 Å². The number of carbonyl (C=O) groups is 1. The highest BCUT2D eigenvalue weighted by Crippen LogP contribution is 2.39. The molecule has 0 bridgehead atoms. The van der Waals surface area contributed by atoms with E-state index in [2.05, 4.69) is 43.9 Å². The fourth-order valence-corrected chi connectivity index (χ4v) is 4.66. The Hall–Kier alpha value is -2.86. The number of methoxy groups -OCH3 is 2. The third kappa shape index (κ3) is 5.06. The van der Waals surface area contributed by atoms with Crippen molar-refractivity contribution in [1.82, 2.24) is 9.91 Å². The molecule has 2 aliphatic heterocycles. The zero-order valence-corrected chi connectivity index (χ0v) is 20.4. The number of carbonyl (C=O) groups excluding carboxylic acids is 1. The number of ether oxygens (including phenoxy) is 2. The molecule has 176 valence electrons. The van der Waals surface area contributed by atoms with Crippen molar-refractivity contribution in [3.63, 3.8) is 0 Å². The first-order valence-electron chi connectivity index (χ1n) is 11.8. The summed E-state index contributed by atoms with van der Waals surface area (Å²) >= 11 is 0. The molecule has 1 atom stereocenters. The number of benzene rings is 2. The van der Waals surface area contributed by atoms with Crippen LogP contribution in [0.25, 0.3) is 0 Å². The largest absolute Gasteiger partial charge is 0.497 e. The predicted octanol–water partition coefficient (Wildman–Crippen LogP) is 4.73.